The molecule has 0 aliphatic rings. The number of benzene rings is 1. The van der Waals surface area contributed by atoms with Gasteiger partial charge in [0, 0.05) is 11.9 Å². The second-order valence-electron chi connectivity index (χ2n) is 5.78. The Bertz CT molecular complexity index is 638. The van der Waals surface area contributed by atoms with Crippen molar-refractivity contribution in [3.8, 4) is 5.75 Å². The van der Waals surface area contributed by atoms with Crippen LogP contribution in [0.4, 0.5) is 0 Å². The van der Waals surface area contributed by atoms with Gasteiger partial charge in [-0.3, -0.25) is 4.79 Å². The van der Waals surface area contributed by atoms with Crippen molar-refractivity contribution < 1.29 is 14.3 Å². The van der Waals surface area contributed by atoms with Crippen LogP contribution in [0.3, 0.4) is 0 Å². The summed E-state index contributed by atoms with van der Waals surface area (Å²) in [5.74, 6) is 0.777. The van der Waals surface area contributed by atoms with E-state index >= 15 is 0 Å². The second-order valence-corrected chi connectivity index (χ2v) is 6.72. The number of nitrogens with zero attached hydrogens (tertiary/aromatic N) is 1. The van der Waals surface area contributed by atoms with Gasteiger partial charge < -0.3 is 14.8 Å². The molecule has 24 heavy (non-hydrogen) atoms. The van der Waals surface area contributed by atoms with Gasteiger partial charge in [0.1, 0.15) is 17.4 Å². The molecule has 2 aromatic rings. The molecule has 0 aliphatic carbocycles. The quantitative estimate of drug-likeness (QED) is 0.707. The van der Waals surface area contributed by atoms with Crippen LogP contribution in [-0.2, 0) is 22.6 Å². The maximum Gasteiger partial charge on any atom is 0.226 e. The van der Waals surface area contributed by atoms with E-state index in [1.807, 2.05) is 50.4 Å². The number of hydrogen-bond donors (Lipinski definition) is 1. The zero-order valence-electron chi connectivity index (χ0n) is 14.4. The van der Waals surface area contributed by atoms with E-state index in [1.54, 1.807) is 0 Å². The van der Waals surface area contributed by atoms with E-state index in [-0.39, 0.29) is 18.4 Å². The molecular formula is C18H24N2O3S. The lowest BCUT2D eigenvalue weighted by molar-refractivity contribution is -0.120. The Hall–Kier alpha value is -1.92. The summed E-state index contributed by atoms with van der Waals surface area (Å²) in [7, 11) is 0. The SMILES string of the molecule is Cc1ccc(OCc2nc(CC(=O)NCCOC(C)C)cs2)cc1. The molecular weight excluding hydrogens is 324 g/mol. The second kappa shape index (κ2) is 9.39. The highest BCUT2D eigenvalue weighted by molar-refractivity contribution is 7.09. The molecule has 0 saturated heterocycles. The van der Waals surface area contributed by atoms with Crippen molar-refractivity contribution in [1.82, 2.24) is 10.3 Å². The Morgan fingerprint density at radius 1 is 1.29 bits per heavy atom. The summed E-state index contributed by atoms with van der Waals surface area (Å²) in [6, 6.07) is 7.90. The van der Waals surface area contributed by atoms with Gasteiger partial charge in [0.15, 0.2) is 0 Å². The van der Waals surface area contributed by atoms with Crippen LogP contribution in [0.5, 0.6) is 5.75 Å². The van der Waals surface area contributed by atoms with Crippen LogP contribution in [0.15, 0.2) is 29.6 Å². The smallest absolute Gasteiger partial charge is 0.226 e. The Labute approximate surface area is 147 Å². The van der Waals surface area contributed by atoms with Gasteiger partial charge >= 0.3 is 0 Å². The summed E-state index contributed by atoms with van der Waals surface area (Å²) < 4.78 is 11.1. The molecule has 1 amide bonds. The molecule has 0 spiro atoms. The third-order valence-electron chi connectivity index (χ3n) is 3.20. The average Bonchev–Trinajstić information content (AvgIpc) is 2.98. The number of aryl methyl sites for hydroxylation is 1. The lowest BCUT2D eigenvalue weighted by atomic mass is 10.2. The fourth-order valence-corrected chi connectivity index (χ4v) is 2.69. The topological polar surface area (TPSA) is 60.5 Å². The summed E-state index contributed by atoms with van der Waals surface area (Å²) in [6.07, 6.45) is 0.458. The van der Waals surface area contributed by atoms with Crippen LogP contribution < -0.4 is 10.1 Å². The van der Waals surface area contributed by atoms with Gasteiger partial charge in [-0.1, -0.05) is 17.7 Å². The van der Waals surface area contributed by atoms with E-state index < -0.39 is 0 Å². The number of nitrogens with one attached hydrogen (secondary N) is 1. The Morgan fingerprint density at radius 3 is 2.75 bits per heavy atom. The fraction of sp³-hybridized carbons (Fsp3) is 0.444. The van der Waals surface area contributed by atoms with E-state index in [1.165, 1.54) is 16.9 Å². The monoisotopic (exact) mass is 348 g/mol. The van der Waals surface area contributed by atoms with Crippen LogP contribution in [0.2, 0.25) is 0 Å². The lowest BCUT2D eigenvalue weighted by Gasteiger charge is -2.08. The van der Waals surface area contributed by atoms with Gasteiger partial charge in [-0.05, 0) is 32.9 Å². The summed E-state index contributed by atoms with van der Waals surface area (Å²) in [5.41, 5.74) is 1.97. The van der Waals surface area contributed by atoms with Crippen molar-refractivity contribution in [1.29, 1.82) is 0 Å². The molecule has 1 N–H and O–H groups in total. The molecule has 0 atom stereocenters. The van der Waals surface area contributed by atoms with Crippen LogP contribution >= 0.6 is 11.3 Å². The van der Waals surface area contributed by atoms with Gasteiger partial charge in [0.25, 0.3) is 0 Å². The van der Waals surface area contributed by atoms with Gasteiger partial charge in [-0.15, -0.1) is 11.3 Å². The van der Waals surface area contributed by atoms with Gasteiger partial charge in [-0.25, -0.2) is 4.98 Å². The van der Waals surface area contributed by atoms with Crippen molar-refractivity contribution in [3.05, 3.63) is 45.9 Å². The van der Waals surface area contributed by atoms with Gasteiger partial charge in [0.2, 0.25) is 5.91 Å². The number of rotatable bonds is 9. The van der Waals surface area contributed by atoms with E-state index in [0.29, 0.717) is 19.8 Å². The van der Waals surface area contributed by atoms with E-state index in [9.17, 15) is 4.79 Å². The van der Waals surface area contributed by atoms with Crippen molar-refractivity contribution in [2.24, 2.45) is 0 Å². The largest absolute Gasteiger partial charge is 0.486 e. The predicted molar refractivity (Wildman–Crippen MR) is 95.4 cm³/mol. The van der Waals surface area contributed by atoms with Gasteiger partial charge in [0.05, 0.1) is 24.8 Å². The molecule has 0 aliphatic heterocycles. The molecule has 0 bridgehead atoms. The molecule has 5 nitrogen and oxygen atoms in total. The average molecular weight is 348 g/mol. The molecule has 1 aromatic heterocycles. The van der Waals surface area contributed by atoms with Crippen LogP contribution in [0.1, 0.15) is 30.1 Å². The van der Waals surface area contributed by atoms with E-state index in [4.69, 9.17) is 9.47 Å². The highest BCUT2D eigenvalue weighted by atomic mass is 32.1. The number of amides is 1. The highest BCUT2D eigenvalue weighted by Crippen LogP contribution is 2.16. The first-order chi connectivity index (χ1) is 11.5. The fourth-order valence-electron chi connectivity index (χ4n) is 1.99. The first kappa shape index (κ1) is 18.4. The molecule has 6 heteroatoms. The van der Waals surface area contributed by atoms with E-state index in [0.717, 1.165) is 16.5 Å². The minimum absolute atomic E-state index is 0.0429. The number of hydrogen-bond acceptors (Lipinski definition) is 5. The lowest BCUT2D eigenvalue weighted by Crippen LogP contribution is -2.29. The normalized spacial score (nSPS) is 10.8. The Morgan fingerprint density at radius 2 is 2.04 bits per heavy atom. The molecule has 1 heterocycles. The van der Waals surface area contributed by atoms with Crippen molar-refractivity contribution in [3.63, 3.8) is 0 Å². The number of carbonyl (C=O) groups excluding carboxylic acids is 1. The third kappa shape index (κ3) is 6.68. The Balaban J connectivity index is 1.72. The molecule has 1 aromatic carbocycles. The first-order valence-electron chi connectivity index (χ1n) is 8.04. The maximum atomic E-state index is 11.8. The Kier molecular flexibility index (Phi) is 7.21. The van der Waals surface area contributed by atoms with Crippen molar-refractivity contribution in [2.75, 3.05) is 13.2 Å². The van der Waals surface area contributed by atoms with Crippen molar-refractivity contribution in [2.45, 2.75) is 39.9 Å². The number of ether oxygens (including phenoxy) is 2. The molecule has 130 valence electrons. The number of carbonyl (C=O) groups is 1. The first-order valence-corrected chi connectivity index (χ1v) is 8.92. The summed E-state index contributed by atoms with van der Waals surface area (Å²) in [4.78, 5) is 16.3. The van der Waals surface area contributed by atoms with Crippen molar-refractivity contribution >= 4 is 17.2 Å². The molecule has 0 fully saturated rings. The summed E-state index contributed by atoms with van der Waals surface area (Å²) in [6.45, 7) is 7.43. The predicted octanol–water partition coefficient (Wildman–Crippen LogP) is 3.11. The molecule has 2 rings (SSSR count). The van der Waals surface area contributed by atoms with Gasteiger partial charge in [-0.2, -0.15) is 0 Å². The molecule has 0 saturated carbocycles. The standard InChI is InChI=1S/C18H24N2O3S/c1-13(2)22-9-8-19-17(21)10-15-12-24-18(20-15)11-23-16-6-4-14(3)5-7-16/h4-7,12-13H,8-11H2,1-3H3,(H,19,21). The highest BCUT2D eigenvalue weighted by Gasteiger charge is 2.08. The third-order valence-corrected chi connectivity index (χ3v) is 4.07. The number of aromatic nitrogens is 1. The minimum atomic E-state index is -0.0429. The van der Waals surface area contributed by atoms with Crippen LogP contribution in [0, 0.1) is 6.92 Å². The maximum absolute atomic E-state index is 11.8. The molecule has 0 unspecified atom stereocenters. The van der Waals surface area contributed by atoms with E-state index in [2.05, 4.69) is 10.3 Å². The van der Waals surface area contributed by atoms with Crippen LogP contribution in [0.25, 0.3) is 0 Å². The molecule has 0 radical (unpaired) electrons. The van der Waals surface area contributed by atoms with Crippen LogP contribution in [-0.4, -0.2) is 30.1 Å². The summed E-state index contributed by atoms with van der Waals surface area (Å²) in [5, 5.41) is 5.59. The number of thiazole rings is 1. The zero-order valence-corrected chi connectivity index (χ0v) is 15.2. The minimum Gasteiger partial charge on any atom is -0.486 e. The zero-order chi connectivity index (χ0) is 17.4. The summed E-state index contributed by atoms with van der Waals surface area (Å²) >= 11 is 1.51.